The Morgan fingerprint density at radius 3 is 2.56 bits per heavy atom. The third-order valence-corrected chi connectivity index (χ3v) is 7.05. The summed E-state index contributed by atoms with van der Waals surface area (Å²) in [6, 6.07) is 11.5. The molecule has 0 atom stereocenters. The van der Waals surface area contributed by atoms with Gasteiger partial charge in [0.1, 0.15) is 5.57 Å². The molecule has 12 nitrogen and oxygen atoms in total. The molecule has 0 saturated carbocycles. The van der Waals surface area contributed by atoms with Gasteiger partial charge in [-0.3, -0.25) is 29.8 Å². The molecule has 1 saturated heterocycles. The van der Waals surface area contributed by atoms with Gasteiger partial charge in [0, 0.05) is 17.8 Å². The van der Waals surface area contributed by atoms with Crippen LogP contribution in [-0.4, -0.2) is 42.4 Å². The lowest BCUT2D eigenvalue weighted by molar-refractivity contribution is -0.384. The van der Waals surface area contributed by atoms with E-state index in [1.165, 1.54) is 49.6 Å². The van der Waals surface area contributed by atoms with Crippen LogP contribution in [-0.2, 0) is 14.4 Å². The number of halogens is 3. The third-order valence-electron chi connectivity index (χ3n) is 5.51. The molecule has 41 heavy (non-hydrogen) atoms. The van der Waals surface area contributed by atoms with E-state index in [1.54, 1.807) is 12.1 Å². The zero-order valence-corrected chi connectivity index (χ0v) is 24.4. The molecule has 15 heteroatoms. The number of imide groups is 2. The number of nitro groups is 1. The number of hydrogen-bond acceptors (Lipinski definition) is 8. The number of nitrogens with one attached hydrogen (secondary N) is 2. The van der Waals surface area contributed by atoms with Gasteiger partial charge in [0.25, 0.3) is 23.4 Å². The first-order valence-corrected chi connectivity index (χ1v) is 13.2. The number of rotatable bonds is 8. The fourth-order valence-corrected chi connectivity index (χ4v) is 4.76. The number of benzene rings is 3. The molecule has 0 bridgehead atoms. The Morgan fingerprint density at radius 2 is 1.88 bits per heavy atom. The maximum absolute atomic E-state index is 13.2. The molecule has 1 heterocycles. The standard InChI is InChI=1S/C26H17Cl2IN4O8/c1-40-21-9-13(8-20(29)23(21)41-12-22(34)30-14-5-6-18(27)19(28)10-14)7-17-24(35)31-26(37)32(25(17)36)15-3-2-4-16(11-15)33(38)39/h2-11H,12H2,1H3,(H,30,34)(H,31,35,37)/b17-7-. The maximum Gasteiger partial charge on any atom is 0.335 e. The SMILES string of the molecule is COc1cc(/C=C2/C(=O)NC(=O)N(c3cccc([N+](=O)[O-])c3)C2=O)cc(I)c1OCC(=O)Nc1ccc(Cl)c(Cl)c1. The third kappa shape index (κ3) is 6.75. The molecule has 0 radical (unpaired) electrons. The van der Waals surface area contributed by atoms with Crippen LogP contribution in [0, 0.1) is 13.7 Å². The average Bonchev–Trinajstić information content (AvgIpc) is 2.92. The molecule has 4 rings (SSSR count). The number of urea groups is 1. The van der Waals surface area contributed by atoms with E-state index in [4.69, 9.17) is 32.7 Å². The molecule has 3 aromatic carbocycles. The number of hydrogen-bond donors (Lipinski definition) is 2. The Morgan fingerprint density at radius 1 is 1.12 bits per heavy atom. The smallest absolute Gasteiger partial charge is 0.335 e. The fraction of sp³-hybridized carbons (Fsp3) is 0.0769. The first-order chi connectivity index (χ1) is 19.5. The Kier molecular flexibility index (Phi) is 9.10. The molecule has 3 aromatic rings. The lowest BCUT2D eigenvalue weighted by Gasteiger charge is -2.26. The summed E-state index contributed by atoms with van der Waals surface area (Å²) in [7, 11) is 1.37. The second-order valence-electron chi connectivity index (χ2n) is 8.23. The number of methoxy groups -OCH3 is 1. The van der Waals surface area contributed by atoms with Gasteiger partial charge in [-0.15, -0.1) is 0 Å². The minimum atomic E-state index is -1.05. The van der Waals surface area contributed by atoms with Crippen LogP contribution in [0.15, 0.2) is 60.2 Å². The molecular weight excluding hydrogens is 694 g/mol. The first-order valence-electron chi connectivity index (χ1n) is 11.4. The number of nitrogens with zero attached hydrogens (tertiary/aromatic N) is 2. The number of carbonyl (C=O) groups is 4. The van der Waals surface area contributed by atoms with Gasteiger partial charge in [-0.05, 0) is 70.6 Å². The summed E-state index contributed by atoms with van der Waals surface area (Å²) >= 11 is 13.8. The van der Waals surface area contributed by atoms with E-state index >= 15 is 0 Å². The summed E-state index contributed by atoms with van der Waals surface area (Å²) < 4.78 is 11.5. The Balaban J connectivity index is 1.56. The number of ether oxygens (including phenoxy) is 2. The Labute approximate surface area is 255 Å². The van der Waals surface area contributed by atoms with E-state index in [-0.39, 0.29) is 34.5 Å². The monoisotopic (exact) mass is 710 g/mol. The molecule has 0 spiro atoms. The highest BCUT2D eigenvalue weighted by molar-refractivity contribution is 14.1. The second kappa shape index (κ2) is 12.5. The van der Waals surface area contributed by atoms with Gasteiger partial charge in [-0.1, -0.05) is 29.3 Å². The average molecular weight is 711 g/mol. The summed E-state index contributed by atoms with van der Waals surface area (Å²) in [5.41, 5.74) is -0.0692. The molecular formula is C26H17Cl2IN4O8. The fourth-order valence-electron chi connectivity index (χ4n) is 3.68. The van der Waals surface area contributed by atoms with Crippen LogP contribution in [0.4, 0.5) is 21.9 Å². The second-order valence-corrected chi connectivity index (χ2v) is 10.2. The van der Waals surface area contributed by atoms with Crippen molar-refractivity contribution in [1.82, 2.24) is 5.32 Å². The van der Waals surface area contributed by atoms with Crippen LogP contribution in [0.1, 0.15) is 5.56 Å². The van der Waals surface area contributed by atoms with E-state index in [1.807, 2.05) is 22.6 Å². The molecule has 2 N–H and O–H groups in total. The molecule has 0 aliphatic carbocycles. The number of nitro benzene ring substituents is 1. The predicted molar refractivity (Wildman–Crippen MR) is 158 cm³/mol. The van der Waals surface area contributed by atoms with E-state index < -0.39 is 34.2 Å². The molecule has 1 aliphatic rings. The van der Waals surface area contributed by atoms with E-state index in [0.717, 1.165) is 6.07 Å². The summed E-state index contributed by atoms with van der Waals surface area (Å²) in [5.74, 6) is -1.99. The van der Waals surface area contributed by atoms with Gasteiger partial charge in [0.2, 0.25) is 0 Å². The quantitative estimate of drug-likeness (QED) is 0.106. The Bertz CT molecular complexity index is 1650. The van der Waals surface area contributed by atoms with Gasteiger partial charge in [0.15, 0.2) is 18.1 Å². The van der Waals surface area contributed by atoms with Crippen molar-refractivity contribution in [2.45, 2.75) is 0 Å². The highest BCUT2D eigenvalue weighted by Crippen LogP contribution is 2.35. The van der Waals surface area contributed by atoms with Gasteiger partial charge in [-0.2, -0.15) is 0 Å². The number of amides is 5. The minimum absolute atomic E-state index is 0.0878. The Hall–Kier alpha value is -4.21. The van der Waals surface area contributed by atoms with Crippen molar-refractivity contribution in [2.75, 3.05) is 23.9 Å². The van der Waals surface area contributed by atoms with Crippen molar-refractivity contribution in [3.05, 3.63) is 89.5 Å². The molecule has 1 aliphatic heterocycles. The van der Waals surface area contributed by atoms with Crippen LogP contribution >= 0.6 is 45.8 Å². The van der Waals surface area contributed by atoms with Crippen molar-refractivity contribution in [3.8, 4) is 11.5 Å². The number of carbonyl (C=O) groups excluding carboxylic acids is 4. The number of anilines is 2. The van der Waals surface area contributed by atoms with Gasteiger partial charge < -0.3 is 14.8 Å². The molecule has 1 fully saturated rings. The summed E-state index contributed by atoms with van der Waals surface area (Å²) in [4.78, 5) is 61.7. The van der Waals surface area contributed by atoms with Crippen molar-refractivity contribution < 1.29 is 33.6 Å². The van der Waals surface area contributed by atoms with E-state index in [2.05, 4.69) is 10.6 Å². The van der Waals surface area contributed by atoms with Crippen molar-refractivity contribution in [2.24, 2.45) is 0 Å². The lowest BCUT2D eigenvalue weighted by Crippen LogP contribution is -2.54. The zero-order valence-electron chi connectivity index (χ0n) is 20.8. The van der Waals surface area contributed by atoms with Crippen LogP contribution in [0.5, 0.6) is 11.5 Å². The zero-order chi connectivity index (χ0) is 29.8. The number of non-ortho nitro benzene ring substituents is 1. The molecule has 5 amide bonds. The summed E-state index contributed by atoms with van der Waals surface area (Å²) in [5, 5.41) is 16.5. The van der Waals surface area contributed by atoms with Crippen molar-refractivity contribution in [3.63, 3.8) is 0 Å². The van der Waals surface area contributed by atoms with Crippen LogP contribution in [0.2, 0.25) is 10.0 Å². The largest absolute Gasteiger partial charge is 0.493 e. The summed E-state index contributed by atoms with van der Waals surface area (Å²) in [6.45, 7) is -0.381. The van der Waals surface area contributed by atoms with E-state index in [9.17, 15) is 29.3 Å². The number of barbiturate groups is 1. The first kappa shape index (κ1) is 29.8. The van der Waals surface area contributed by atoms with Crippen LogP contribution in [0.25, 0.3) is 6.08 Å². The van der Waals surface area contributed by atoms with Crippen molar-refractivity contribution >= 4 is 92.7 Å². The van der Waals surface area contributed by atoms with Crippen molar-refractivity contribution in [1.29, 1.82) is 0 Å². The highest BCUT2D eigenvalue weighted by Gasteiger charge is 2.37. The van der Waals surface area contributed by atoms with Gasteiger partial charge in [-0.25, -0.2) is 9.69 Å². The lowest BCUT2D eigenvalue weighted by atomic mass is 10.1. The minimum Gasteiger partial charge on any atom is -0.493 e. The topological polar surface area (TPSA) is 157 Å². The normalized spacial score (nSPS) is 14.1. The van der Waals surface area contributed by atoms with Gasteiger partial charge >= 0.3 is 6.03 Å². The van der Waals surface area contributed by atoms with E-state index in [0.29, 0.717) is 24.7 Å². The molecule has 0 aromatic heterocycles. The maximum atomic E-state index is 13.2. The van der Waals surface area contributed by atoms with Crippen LogP contribution < -0.4 is 25.0 Å². The highest BCUT2D eigenvalue weighted by atomic mass is 127. The molecule has 0 unspecified atom stereocenters. The van der Waals surface area contributed by atoms with Crippen LogP contribution in [0.3, 0.4) is 0 Å². The summed E-state index contributed by atoms with van der Waals surface area (Å²) in [6.07, 6.45) is 1.24. The molecule has 210 valence electrons. The predicted octanol–water partition coefficient (Wildman–Crippen LogP) is 5.20. The van der Waals surface area contributed by atoms with Gasteiger partial charge in [0.05, 0.1) is 31.3 Å².